The first kappa shape index (κ1) is 11.6. The third kappa shape index (κ3) is 4.13. The van der Waals surface area contributed by atoms with Gasteiger partial charge in [0.15, 0.2) is 0 Å². The SMILES string of the molecule is C#CC(C)(C)NCCCN1CCCC1. The second-order valence-electron chi connectivity index (χ2n) is 4.60. The van der Waals surface area contributed by atoms with Crippen LogP contribution >= 0.6 is 0 Å². The van der Waals surface area contributed by atoms with Crippen LogP contribution in [0, 0.1) is 12.3 Å². The first-order valence-corrected chi connectivity index (χ1v) is 5.59. The van der Waals surface area contributed by atoms with Gasteiger partial charge in [0.2, 0.25) is 0 Å². The predicted molar refractivity (Wildman–Crippen MR) is 61.2 cm³/mol. The monoisotopic (exact) mass is 194 g/mol. The number of nitrogens with one attached hydrogen (secondary N) is 1. The van der Waals surface area contributed by atoms with Gasteiger partial charge in [-0.1, -0.05) is 5.92 Å². The van der Waals surface area contributed by atoms with E-state index in [1.165, 1.54) is 38.9 Å². The molecule has 14 heavy (non-hydrogen) atoms. The molecule has 1 saturated heterocycles. The van der Waals surface area contributed by atoms with E-state index in [4.69, 9.17) is 6.42 Å². The molecule has 1 fully saturated rings. The molecular formula is C12H22N2. The van der Waals surface area contributed by atoms with E-state index in [1.807, 2.05) is 13.8 Å². The van der Waals surface area contributed by atoms with Crippen LogP contribution in [0.4, 0.5) is 0 Å². The molecule has 0 bridgehead atoms. The van der Waals surface area contributed by atoms with E-state index in [9.17, 15) is 0 Å². The van der Waals surface area contributed by atoms with Gasteiger partial charge in [-0.2, -0.15) is 0 Å². The van der Waals surface area contributed by atoms with Gasteiger partial charge in [0, 0.05) is 0 Å². The van der Waals surface area contributed by atoms with Crippen LogP contribution in [-0.4, -0.2) is 36.6 Å². The molecule has 0 atom stereocenters. The zero-order chi connectivity index (χ0) is 10.4. The van der Waals surface area contributed by atoms with Crippen LogP contribution in [0.25, 0.3) is 0 Å². The van der Waals surface area contributed by atoms with Gasteiger partial charge in [0.05, 0.1) is 5.54 Å². The molecule has 2 heteroatoms. The topological polar surface area (TPSA) is 15.3 Å². The van der Waals surface area contributed by atoms with Crippen molar-refractivity contribution in [2.75, 3.05) is 26.2 Å². The molecule has 0 aromatic carbocycles. The lowest BCUT2D eigenvalue weighted by atomic mass is 10.1. The fourth-order valence-electron chi connectivity index (χ4n) is 1.76. The van der Waals surface area contributed by atoms with Crippen LogP contribution in [0.3, 0.4) is 0 Å². The molecule has 1 heterocycles. The van der Waals surface area contributed by atoms with Gasteiger partial charge >= 0.3 is 0 Å². The van der Waals surface area contributed by atoms with Gasteiger partial charge in [0.25, 0.3) is 0 Å². The molecule has 1 N–H and O–H groups in total. The Hall–Kier alpha value is -0.520. The summed E-state index contributed by atoms with van der Waals surface area (Å²) in [6.45, 7) is 8.91. The highest BCUT2D eigenvalue weighted by Crippen LogP contribution is 2.07. The van der Waals surface area contributed by atoms with E-state index in [1.54, 1.807) is 0 Å². The Morgan fingerprint density at radius 1 is 1.36 bits per heavy atom. The maximum absolute atomic E-state index is 5.39. The quantitative estimate of drug-likeness (QED) is 0.527. The minimum atomic E-state index is -0.148. The first-order chi connectivity index (χ1) is 6.64. The second kappa shape index (κ2) is 5.38. The van der Waals surface area contributed by atoms with Gasteiger partial charge in [-0.15, -0.1) is 6.42 Å². The molecular weight excluding hydrogens is 172 g/mol. The summed E-state index contributed by atoms with van der Waals surface area (Å²) >= 11 is 0. The molecule has 0 unspecified atom stereocenters. The highest BCUT2D eigenvalue weighted by molar-refractivity contribution is 5.07. The van der Waals surface area contributed by atoms with Crippen LogP contribution in [0.1, 0.15) is 33.1 Å². The lowest BCUT2D eigenvalue weighted by Gasteiger charge is -2.21. The standard InChI is InChI=1S/C12H22N2/c1-4-12(2,3)13-8-7-11-14-9-5-6-10-14/h1,13H,5-11H2,2-3H3. The zero-order valence-electron chi connectivity index (χ0n) is 9.47. The smallest absolute Gasteiger partial charge is 0.0741 e. The Bertz CT molecular complexity index is 197. The summed E-state index contributed by atoms with van der Waals surface area (Å²) < 4.78 is 0. The Labute approximate surface area is 88.1 Å². The largest absolute Gasteiger partial charge is 0.303 e. The third-order valence-electron chi connectivity index (χ3n) is 2.78. The van der Waals surface area contributed by atoms with Gasteiger partial charge in [-0.25, -0.2) is 0 Å². The van der Waals surface area contributed by atoms with Gasteiger partial charge < -0.3 is 10.2 Å². The van der Waals surface area contributed by atoms with Crippen LogP contribution in [0.15, 0.2) is 0 Å². The summed E-state index contributed by atoms with van der Waals surface area (Å²) in [7, 11) is 0. The van der Waals surface area contributed by atoms with E-state index in [0.717, 1.165) is 6.54 Å². The summed E-state index contributed by atoms with van der Waals surface area (Å²) in [6, 6.07) is 0. The Kier molecular flexibility index (Phi) is 4.44. The number of hydrogen-bond donors (Lipinski definition) is 1. The maximum atomic E-state index is 5.39. The van der Waals surface area contributed by atoms with E-state index in [-0.39, 0.29) is 5.54 Å². The van der Waals surface area contributed by atoms with E-state index >= 15 is 0 Å². The molecule has 1 aliphatic rings. The fourth-order valence-corrected chi connectivity index (χ4v) is 1.76. The average Bonchev–Trinajstić information content (AvgIpc) is 2.65. The highest BCUT2D eigenvalue weighted by atomic mass is 15.1. The Morgan fingerprint density at radius 3 is 2.57 bits per heavy atom. The van der Waals surface area contributed by atoms with E-state index in [0.29, 0.717) is 0 Å². The van der Waals surface area contributed by atoms with Crippen LogP contribution in [0.2, 0.25) is 0 Å². The van der Waals surface area contributed by atoms with Crippen molar-refractivity contribution >= 4 is 0 Å². The number of hydrogen-bond acceptors (Lipinski definition) is 2. The minimum absolute atomic E-state index is 0.148. The number of likely N-dealkylation sites (tertiary alicyclic amines) is 1. The van der Waals surface area contributed by atoms with Crippen molar-refractivity contribution in [3.05, 3.63) is 0 Å². The fraction of sp³-hybridized carbons (Fsp3) is 0.833. The highest BCUT2D eigenvalue weighted by Gasteiger charge is 2.13. The van der Waals surface area contributed by atoms with E-state index < -0.39 is 0 Å². The lowest BCUT2D eigenvalue weighted by molar-refractivity contribution is 0.325. The second-order valence-corrected chi connectivity index (χ2v) is 4.60. The molecule has 2 nitrogen and oxygen atoms in total. The van der Waals surface area contributed by atoms with Crippen molar-refractivity contribution < 1.29 is 0 Å². The summed E-state index contributed by atoms with van der Waals surface area (Å²) in [5, 5.41) is 3.37. The summed E-state index contributed by atoms with van der Waals surface area (Å²) in [6.07, 6.45) is 9.34. The Balaban J connectivity index is 2.02. The molecule has 0 radical (unpaired) electrons. The van der Waals surface area contributed by atoms with Gasteiger partial charge in [-0.05, 0) is 59.3 Å². The maximum Gasteiger partial charge on any atom is 0.0741 e. The predicted octanol–water partition coefficient (Wildman–Crippen LogP) is 1.47. The van der Waals surface area contributed by atoms with Crippen molar-refractivity contribution in [1.82, 2.24) is 10.2 Å². The summed E-state index contributed by atoms with van der Waals surface area (Å²) in [5.74, 6) is 2.75. The number of rotatable bonds is 5. The normalized spacial score (nSPS) is 18.4. The van der Waals surface area contributed by atoms with Crippen molar-refractivity contribution in [2.45, 2.75) is 38.6 Å². The zero-order valence-corrected chi connectivity index (χ0v) is 9.47. The van der Waals surface area contributed by atoms with Gasteiger partial charge in [-0.3, -0.25) is 0 Å². The molecule has 0 aromatic heterocycles. The Morgan fingerprint density at radius 2 is 2.00 bits per heavy atom. The molecule has 0 spiro atoms. The minimum Gasteiger partial charge on any atom is -0.303 e. The third-order valence-corrected chi connectivity index (χ3v) is 2.78. The molecule has 0 amide bonds. The molecule has 1 rings (SSSR count). The molecule has 1 aliphatic heterocycles. The lowest BCUT2D eigenvalue weighted by Crippen LogP contribution is -2.39. The number of nitrogens with zero attached hydrogens (tertiary/aromatic N) is 1. The van der Waals surface area contributed by atoms with Crippen LogP contribution in [-0.2, 0) is 0 Å². The molecule has 0 aliphatic carbocycles. The van der Waals surface area contributed by atoms with Crippen molar-refractivity contribution in [2.24, 2.45) is 0 Å². The first-order valence-electron chi connectivity index (χ1n) is 5.59. The number of terminal acetylenes is 1. The average molecular weight is 194 g/mol. The molecule has 80 valence electrons. The van der Waals surface area contributed by atoms with Crippen LogP contribution in [0.5, 0.6) is 0 Å². The van der Waals surface area contributed by atoms with Crippen molar-refractivity contribution in [3.8, 4) is 12.3 Å². The van der Waals surface area contributed by atoms with Crippen molar-refractivity contribution in [1.29, 1.82) is 0 Å². The van der Waals surface area contributed by atoms with Crippen molar-refractivity contribution in [3.63, 3.8) is 0 Å². The summed E-state index contributed by atoms with van der Waals surface area (Å²) in [5.41, 5.74) is -0.148. The van der Waals surface area contributed by atoms with Gasteiger partial charge in [0.1, 0.15) is 0 Å². The molecule has 0 saturated carbocycles. The van der Waals surface area contributed by atoms with E-state index in [2.05, 4.69) is 16.1 Å². The van der Waals surface area contributed by atoms with Crippen LogP contribution < -0.4 is 5.32 Å². The molecule has 0 aromatic rings. The summed E-state index contributed by atoms with van der Waals surface area (Å²) in [4.78, 5) is 2.53.